The van der Waals surface area contributed by atoms with Crippen LogP contribution in [0.25, 0.3) is 0 Å². The summed E-state index contributed by atoms with van der Waals surface area (Å²) in [6.45, 7) is 2.34. The standard InChI is InChI=1S/C14H16N4O4/c1-8-4-10(22-17-8)5-9-6-18(7-11(9)19)14(21)12-13(20)16-3-2-15-12/h2-4,9,11,19H,5-7H2,1H3,(H,16,20)/t9-,11+/m1/s1. The molecule has 0 aliphatic carbocycles. The maximum atomic E-state index is 12.3. The number of carbonyl (C=O) groups excluding carboxylic acids is 1. The molecule has 2 aromatic heterocycles. The number of hydrogen-bond acceptors (Lipinski definition) is 6. The molecule has 0 radical (unpaired) electrons. The van der Waals surface area contributed by atoms with E-state index in [1.807, 2.05) is 6.92 Å². The number of likely N-dealkylation sites (tertiary alicyclic amines) is 1. The molecule has 0 bridgehead atoms. The van der Waals surface area contributed by atoms with Crippen molar-refractivity contribution in [3.8, 4) is 0 Å². The molecule has 0 aromatic carbocycles. The van der Waals surface area contributed by atoms with Crippen LogP contribution >= 0.6 is 0 Å². The number of rotatable bonds is 3. The summed E-state index contributed by atoms with van der Waals surface area (Å²) < 4.78 is 5.14. The van der Waals surface area contributed by atoms with Crippen LogP contribution in [0, 0.1) is 12.8 Å². The lowest BCUT2D eigenvalue weighted by Gasteiger charge is -2.14. The molecule has 0 saturated carbocycles. The Hall–Kier alpha value is -2.48. The van der Waals surface area contributed by atoms with Gasteiger partial charge in [0.05, 0.1) is 11.8 Å². The lowest BCUT2D eigenvalue weighted by Crippen LogP contribution is -2.34. The van der Waals surface area contributed by atoms with E-state index in [0.29, 0.717) is 18.7 Å². The summed E-state index contributed by atoms with van der Waals surface area (Å²) in [6.07, 6.45) is 2.55. The molecule has 3 rings (SSSR count). The third kappa shape index (κ3) is 2.77. The number of aromatic amines is 1. The van der Waals surface area contributed by atoms with Gasteiger partial charge in [-0.05, 0) is 6.92 Å². The number of carbonyl (C=O) groups is 1. The summed E-state index contributed by atoms with van der Waals surface area (Å²) in [5.41, 5.74) is 0.0811. The summed E-state index contributed by atoms with van der Waals surface area (Å²) in [5.74, 6) is 0.0442. The zero-order valence-electron chi connectivity index (χ0n) is 12.0. The van der Waals surface area contributed by atoms with Crippen molar-refractivity contribution in [2.75, 3.05) is 13.1 Å². The Labute approximate surface area is 125 Å². The molecule has 0 spiro atoms. The van der Waals surface area contributed by atoms with Crippen LogP contribution in [0.5, 0.6) is 0 Å². The van der Waals surface area contributed by atoms with Crippen LogP contribution in [0.3, 0.4) is 0 Å². The smallest absolute Gasteiger partial charge is 0.279 e. The Balaban J connectivity index is 1.71. The number of nitrogens with zero attached hydrogens (tertiary/aromatic N) is 3. The molecule has 116 valence electrons. The predicted molar refractivity (Wildman–Crippen MR) is 75.2 cm³/mol. The maximum absolute atomic E-state index is 12.3. The molecule has 0 unspecified atom stereocenters. The fourth-order valence-corrected chi connectivity index (χ4v) is 2.65. The molecular weight excluding hydrogens is 288 g/mol. The zero-order valence-corrected chi connectivity index (χ0v) is 12.0. The van der Waals surface area contributed by atoms with Crippen molar-refractivity contribution in [1.82, 2.24) is 20.0 Å². The van der Waals surface area contributed by atoms with Crippen LogP contribution in [-0.2, 0) is 6.42 Å². The number of β-amino-alcohol motifs (C(OH)–C–C–N with tert-alkyl or cyclic N) is 1. The molecule has 1 saturated heterocycles. The fraction of sp³-hybridized carbons (Fsp3) is 0.429. The van der Waals surface area contributed by atoms with Gasteiger partial charge in [0, 0.05) is 43.9 Å². The van der Waals surface area contributed by atoms with E-state index in [2.05, 4.69) is 15.1 Å². The average molecular weight is 304 g/mol. The lowest BCUT2D eigenvalue weighted by molar-refractivity contribution is 0.0757. The quantitative estimate of drug-likeness (QED) is 0.808. The van der Waals surface area contributed by atoms with Crippen molar-refractivity contribution in [1.29, 1.82) is 0 Å². The number of nitrogens with one attached hydrogen (secondary N) is 1. The van der Waals surface area contributed by atoms with Crippen LogP contribution in [0.2, 0.25) is 0 Å². The van der Waals surface area contributed by atoms with Gasteiger partial charge in [0.15, 0.2) is 5.69 Å². The molecule has 22 heavy (non-hydrogen) atoms. The van der Waals surface area contributed by atoms with Crippen molar-refractivity contribution in [3.05, 3.63) is 46.0 Å². The van der Waals surface area contributed by atoms with Crippen LogP contribution in [0.4, 0.5) is 0 Å². The highest BCUT2D eigenvalue weighted by Crippen LogP contribution is 2.22. The fourth-order valence-electron chi connectivity index (χ4n) is 2.65. The first-order valence-electron chi connectivity index (χ1n) is 6.98. The number of hydrogen-bond donors (Lipinski definition) is 2. The van der Waals surface area contributed by atoms with E-state index >= 15 is 0 Å². The second-order valence-electron chi connectivity index (χ2n) is 5.44. The number of aryl methyl sites for hydroxylation is 1. The van der Waals surface area contributed by atoms with Crippen molar-refractivity contribution in [2.24, 2.45) is 5.92 Å². The Bertz CT molecular complexity index is 738. The molecule has 1 amide bonds. The average Bonchev–Trinajstić information content (AvgIpc) is 3.06. The highest BCUT2D eigenvalue weighted by molar-refractivity contribution is 5.92. The SMILES string of the molecule is Cc1cc(C[C@@H]2CN(C(=O)c3ncc[nH]c3=O)C[C@@H]2O)on1. The monoisotopic (exact) mass is 304 g/mol. The van der Waals surface area contributed by atoms with E-state index < -0.39 is 17.6 Å². The van der Waals surface area contributed by atoms with Gasteiger partial charge >= 0.3 is 0 Å². The highest BCUT2D eigenvalue weighted by Gasteiger charge is 2.36. The Kier molecular flexibility index (Phi) is 3.76. The molecule has 1 aliphatic rings. The van der Waals surface area contributed by atoms with E-state index in [4.69, 9.17) is 4.52 Å². The normalized spacial score (nSPS) is 21.3. The largest absolute Gasteiger partial charge is 0.391 e. The van der Waals surface area contributed by atoms with E-state index in [1.54, 1.807) is 6.07 Å². The van der Waals surface area contributed by atoms with Crippen LogP contribution < -0.4 is 5.56 Å². The number of H-pyrrole nitrogens is 1. The van der Waals surface area contributed by atoms with Gasteiger partial charge in [-0.1, -0.05) is 5.16 Å². The molecule has 2 N–H and O–H groups in total. The molecule has 3 heterocycles. The Morgan fingerprint density at radius 3 is 3.05 bits per heavy atom. The van der Waals surface area contributed by atoms with Gasteiger partial charge in [0.25, 0.3) is 11.5 Å². The molecule has 1 aliphatic heterocycles. The van der Waals surface area contributed by atoms with E-state index in [1.165, 1.54) is 17.3 Å². The summed E-state index contributed by atoms with van der Waals surface area (Å²) in [5, 5.41) is 13.9. The first-order valence-corrected chi connectivity index (χ1v) is 6.98. The van der Waals surface area contributed by atoms with Gasteiger partial charge in [-0.15, -0.1) is 0 Å². The lowest BCUT2D eigenvalue weighted by atomic mass is 10.0. The van der Waals surface area contributed by atoms with E-state index in [-0.39, 0.29) is 18.2 Å². The zero-order chi connectivity index (χ0) is 15.7. The summed E-state index contributed by atoms with van der Waals surface area (Å²) in [4.78, 5) is 31.6. The minimum Gasteiger partial charge on any atom is -0.391 e. The molecule has 1 fully saturated rings. The van der Waals surface area contributed by atoms with Crippen molar-refractivity contribution >= 4 is 5.91 Å². The molecule has 8 heteroatoms. The number of amides is 1. The third-order valence-electron chi connectivity index (χ3n) is 3.74. The van der Waals surface area contributed by atoms with Crippen LogP contribution in [0.1, 0.15) is 21.9 Å². The second kappa shape index (κ2) is 5.72. The van der Waals surface area contributed by atoms with Crippen LogP contribution in [-0.4, -0.2) is 50.2 Å². The Morgan fingerprint density at radius 2 is 2.36 bits per heavy atom. The number of aromatic nitrogens is 3. The second-order valence-corrected chi connectivity index (χ2v) is 5.44. The molecular formula is C14H16N4O4. The van der Waals surface area contributed by atoms with Gasteiger partial charge < -0.3 is 19.5 Å². The summed E-state index contributed by atoms with van der Waals surface area (Å²) >= 11 is 0. The van der Waals surface area contributed by atoms with Crippen LogP contribution in [0.15, 0.2) is 27.8 Å². The van der Waals surface area contributed by atoms with Crippen molar-refractivity contribution < 1.29 is 14.4 Å². The van der Waals surface area contributed by atoms with Gasteiger partial charge in [-0.2, -0.15) is 0 Å². The predicted octanol–water partition coefficient (Wildman–Crippen LogP) is -0.258. The minimum atomic E-state index is -0.669. The van der Waals surface area contributed by atoms with Gasteiger partial charge in [-0.25, -0.2) is 4.98 Å². The third-order valence-corrected chi connectivity index (χ3v) is 3.74. The molecule has 8 nitrogen and oxygen atoms in total. The molecule has 2 atom stereocenters. The Morgan fingerprint density at radius 1 is 1.55 bits per heavy atom. The van der Waals surface area contributed by atoms with Gasteiger partial charge in [-0.3, -0.25) is 9.59 Å². The summed E-state index contributed by atoms with van der Waals surface area (Å²) in [6, 6.07) is 1.81. The van der Waals surface area contributed by atoms with Gasteiger partial charge in [0.2, 0.25) is 0 Å². The maximum Gasteiger partial charge on any atom is 0.279 e. The van der Waals surface area contributed by atoms with E-state index in [9.17, 15) is 14.7 Å². The minimum absolute atomic E-state index is 0.154. The topological polar surface area (TPSA) is 112 Å². The van der Waals surface area contributed by atoms with E-state index in [0.717, 1.165) is 5.69 Å². The molecule has 2 aromatic rings. The van der Waals surface area contributed by atoms with Crippen molar-refractivity contribution in [3.63, 3.8) is 0 Å². The number of aliphatic hydroxyl groups is 1. The number of aliphatic hydroxyl groups excluding tert-OH is 1. The summed E-state index contributed by atoms with van der Waals surface area (Å²) in [7, 11) is 0. The highest BCUT2D eigenvalue weighted by atomic mass is 16.5. The first-order chi connectivity index (χ1) is 10.5. The first kappa shape index (κ1) is 14.5. The van der Waals surface area contributed by atoms with Gasteiger partial charge in [0.1, 0.15) is 5.76 Å². The van der Waals surface area contributed by atoms with Crippen molar-refractivity contribution in [2.45, 2.75) is 19.4 Å².